The highest BCUT2D eigenvalue weighted by Gasteiger charge is 2.15. The molecule has 2 aromatic heterocycles. The summed E-state index contributed by atoms with van der Waals surface area (Å²) in [4.78, 5) is 12.5. The molecule has 0 saturated carbocycles. The molecule has 0 saturated heterocycles. The maximum atomic E-state index is 11.7. The molecule has 1 atom stereocenters. The molecule has 7 nitrogen and oxygen atoms in total. The van der Waals surface area contributed by atoms with Gasteiger partial charge in [0.05, 0.1) is 28.5 Å². The number of ether oxygens (including phenoxy) is 2. The van der Waals surface area contributed by atoms with E-state index in [9.17, 15) is 9.90 Å². The number of carbonyl (C=O) groups is 1. The van der Waals surface area contributed by atoms with Gasteiger partial charge in [-0.2, -0.15) is 0 Å². The number of rotatable bonds is 8. The molecule has 0 aliphatic rings. The third-order valence-electron chi connectivity index (χ3n) is 4.12. The maximum Gasteiger partial charge on any atom is 0.338 e. The minimum Gasteiger partial charge on any atom is -0.491 e. The Bertz CT molecular complexity index is 1120. The van der Waals surface area contributed by atoms with Crippen LogP contribution in [-0.4, -0.2) is 50.7 Å². The van der Waals surface area contributed by atoms with Crippen LogP contribution in [-0.2, 0) is 4.74 Å². The number of thiazole rings is 1. The van der Waals surface area contributed by atoms with Gasteiger partial charge in [-0.3, -0.25) is 4.40 Å². The lowest BCUT2D eigenvalue weighted by molar-refractivity contribution is 0.0526. The van der Waals surface area contributed by atoms with Crippen LogP contribution in [0.4, 0.5) is 0 Å². The van der Waals surface area contributed by atoms with E-state index in [0.29, 0.717) is 23.7 Å². The number of benzene rings is 2. The first-order valence-corrected chi connectivity index (χ1v) is 10.9. The van der Waals surface area contributed by atoms with E-state index in [-0.39, 0.29) is 12.6 Å². The van der Waals surface area contributed by atoms with Crippen LogP contribution in [0.15, 0.2) is 53.7 Å². The summed E-state index contributed by atoms with van der Waals surface area (Å²) < 4.78 is 13.7. The second kappa shape index (κ2) is 8.81. The van der Waals surface area contributed by atoms with E-state index >= 15 is 0 Å². The maximum absolute atomic E-state index is 11.7. The summed E-state index contributed by atoms with van der Waals surface area (Å²) in [7, 11) is 0. The van der Waals surface area contributed by atoms with E-state index in [4.69, 9.17) is 9.47 Å². The van der Waals surface area contributed by atoms with E-state index in [1.165, 1.54) is 11.8 Å². The van der Waals surface area contributed by atoms with Crippen molar-refractivity contribution >= 4 is 44.2 Å². The topological polar surface area (TPSA) is 86.0 Å². The van der Waals surface area contributed by atoms with Crippen molar-refractivity contribution in [2.24, 2.45) is 0 Å². The highest BCUT2D eigenvalue weighted by molar-refractivity contribution is 7.99. The lowest BCUT2D eigenvalue weighted by atomic mass is 10.2. The summed E-state index contributed by atoms with van der Waals surface area (Å²) in [5.74, 6) is 0.637. The Morgan fingerprint density at radius 3 is 2.79 bits per heavy atom. The standard InChI is InChI=1S/C20H19N3O4S2/c1-2-26-18(25)13-7-9-15(10-8-13)27-11-14(24)12-28-19-21-22-20-23(19)16-5-3-4-6-17(16)29-20/h3-10,14,24H,2,11-12H2,1H3/t14-/m1/s1. The van der Waals surface area contributed by atoms with Crippen LogP contribution in [0, 0.1) is 0 Å². The Hall–Kier alpha value is -2.62. The monoisotopic (exact) mass is 429 g/mol. The zero-order chi connectivity index (χ0) is 20.2. The number of carbonyl (C=O) groups excluding carboxylic acids is 1. The number of aliphatic hydroxyl groups is 1. The Kier molecular flexibility index (Phi) is 5.98. The van der Waals surface area contributed by atoms with Crippen LogP contribution in [0.1, 0.15) is 17.3 Å². The second-order valence-corrected chi connectivity index (χ2v) is 8.19. The molecular formula is C20H19N3O4S2. The first-order valence-electron chi connectivity index (χ1n) is 9.09. The molecule has 0 spiro atoms. The van der Waals surface area contributed by atoms with Gasteiger partial charge in [0.15, 0.2) is 5.16 Å². The fourth-order valence-electron chi connectivity index (χ4n) is 2.76. The van der Waals surface area contributed by atoms with Gasteiger partial charge in [-0.1, -0.05) is 35.2 Å². The number of esters is 1. The minimum atomic E-state index is -0.679. The van der Waals surface area contributed by atoms with Gasteiger partial charge >= 0.3 is 5.97 Å². The number of thioether (sulfide) groups is 1. The molecule has 0 radical (unpaired) electrons. The van der Waals surface area contributed by atoms with Gasteiger partial charge in [0.2, 0.25) is 4.96 Å². The lowest BCUT2D eigenvalue weighted by Gasteiger charge is -2.12. The van der Waals surface area contributed by atoms with Crippen molar-refractivity contribution in [2.45, 2.75) is 18.2 Å². The minimum absolute atomic E-state index is 0.137. The zero-order valence-electron chi connectivity index (χ0n) is 15.6. The molecule has 9 heteroatoms. The van der Waals surface area contributed by atoms with Crippen molar-refractivity contribution < 1.29 is 19.4 Å². The number of nitrogens with zero attached hydrogens (tertiary/aromatic N) is 3. The van der Waals surface area contributed by atoms with Crippen LogP contribution in [0.25, 0.3) is 15.2 Å². The van der Waals surface area contributed by atoms with Crippen molar-refractivity contribution in [2.75, 3.05) is 19.0 Å². The SMILES string of the molecule is CCOC(=O)c1ccc(OC[C@@H](O)CSc2nnc3sc4ccccc4n23)cc1. The first kappa shape index (κ1) is 19.7. The molecule has 4 rings (SSSR count). The van der Waals surface area contributed by atoms with Crippen molar-refractivity contribution in [3.8, 4) is 5.75 Å². The predicted molar refractivity (Wildman–Crippen MR) is 113 cm³/mol. The second-order valence-electron chi connectivity index (χ2n) is 6.19. The normalized spacial score (nSPS) is 12.3. The molecule has 150 valence electrons. The molecule has 0 aliphatic carbocycles. The number of aliphatic hydroxyl groups excluding tert-OH is 1. The summed E-state index contributed by atoms with van der Waals surface area (Å²) >= 11 is 3.02. The van der Waals surface area contributed by atoms with Crippen LogP contribution in [0.2, 0.25) is 0 Å². The Morgan fingerprint density at radius 2 is 2.00 bits per heavy atom. The fourth-order valence-corrected chi connectivity index (χ4v) is 4.63. The predicted octanol–water partition coefficient (Wildman–Crippen LogP) is 3.65. The summed E-state index contributed by atoms with van der Waals surface area (Å²) in [6, 6.07) is 14.7. The highest BCUT2D eigenvalue weighted by atomic mass is 32.2. The molecule has 0 amide bonds. The molecule has 0 fully saturated rings. The van der Waals surface area contributed by atoms with E-state index in [1.807, 2.05) is 22.6 Å². The molecule has 0 bridgehead atoms. The largest absolute Gasteiger partial charge is 0.491 e. The van der Waals surface area contributed by atoms with Gasteiger partial charge in [0.1, 0.15) is 12.4 Å². The van der Waals surface area contributed by atoms with E-state index in [0.717, 1.165) is 20.3 Å². The number of fused-ring (bicyclic) bond motifs is 3. The third-order valence-corrected chi connectivity index (χ3v) is 6.21. The van der Waals surface area contributed by atoms with Crippen LogP contribution in [0.3, 0.4) is 0 Å². The van der Waals surface area contributed by atoms with Crippen molar-refractivity contribution in [3.05, 3.63) is 54.1 Å². The van der Waals surface area contributed by atoms with Crippen molar-refractivity contribution in [1.82, 2.24) is 14.6 Å². The molecule has 1 N–H and O–H groups in total. The number of aromatic nitrogens is 3. The van der Waals surface area contributed by atoms with E-state index < -0.39 is 6.10 Å². The first-order chi connectivity index (χ1) is 14.2. The average Bonchev–Trinajstić information content (AvgIpc) is 3.30. The number of hydrogen-bond donors (Lipinski definition) is 1. The van der Waals surface area contributed by atoms with Crippen molar-refractivity contribution in [1.29, 1.82) is 0 Å². The lowest BCUT2D eigenvalue weighted by Crippen LogP contribution is -2.20. The smallest absolute Gasteiger partial charge is 0.338 e. The van der Waals surface area contributed by atoms with Gasteiger partial charge in [-0.25, -0.2) is 4.79 Å². The molecule has 0 aliphatic heterocycles. The van der Waals surface area contributed by atoms with Gasteiger partial charge in [-0.15, -0.1) is 10.2 Å². The molecule has 0 unspecified atom stereocenters. The quantitative estimate of drug-likeness (QED) is 0.338. The van der Waals surface area contributed by atoms with Gasteiger partial charge in [0.25, 0.3) is 0 Å². The Labute approximate surface area is 175 Å². The van der Waals surface area contributed by atoms with Crippen LogP contribution in [0.5, 0.6) is 5.75 Å². The van der Waals surface area contributed by atoms with Gasteiger partial charge in [-0.05, 0) is 43.3 Å². The molecule has 4 aromatic rings. The van der Waals surface area contributed by atoms with E-state index in [2.05, 4.69) is 16.3 Å². The Morgan fingerprint density at radius 1 is 1.21 bits per heavy atom. The fraction of sp³-hybridized carbons (Fsp3) is 0.250. The molecule has 29 heavy (non-hydrogen) atoms. The molecular weight excluding hydrogens is 410 g/mol. The van der Waals surface area contributed by atoms with E-state index in [1.54, 1.807) is 42.5 Å². The number of hydrogen-bond acceptors (Lipinski definition) is 8. The third kappa shape index (κ3) is 4.36. The van der Waals surface area contributed by atoms with Gasteiger partial charge in [0, 0.05) is 5.75 Å². The summed E-state index contributed by atoms with van der Waals surface area (Å²) in [6.07, 6.45) is -0.679. The summed E-state index contributed by atoms with van der Waals surface area (Å²) in [5, 5.41) is 19.5. The van der Waals surface area contributed by atoms with Crippen LogP contribution < -0.4 is 4.74 Å². The summed E-state index contributed by atoms with van der Waals surface area (Å²) in [6.45, 7) is 2.23. The average molecular weight is 430 g/mol. The van der Waals surface area contributed by atoms with Gasteiger partial charge < -0.3 is 14.6 Å². The molecule has 2 heterocycles. The number of para-hydroxylation sites is 1. The van der Waals surface area contributed by atoms with Crippen molar-refractivity contribution in [3.63, 3.8) is 0 Å². The zero-order valence-corrected chi connectivity index (χ0v) is 17.3. The Balaban J connectivity index is 1.33. The molecule has 2 aromatic carbocycles. The summed E-state index contributed by atoms with van der Waals surface area (Å²) in [5.41, 5.74) is 1.53. The van der Waals surface area contributed by atoms with Crippen LogP contribution >= 0.6 is 23.1 Å². The highest BCUT2D eigenvalue weighted by Crippen LogP contribution is 2.29.